The van der Waals surface area contributed by atoms with E-state index in [1.807, 2.05) is 12.1 Å². The van der Waals surface area contributed by atoms with Crippen LogP contribution in [0.5, 0.6) is 5.75 Å². The summed E-state index contributed by atoms with van der Waals surface area (Å²) in [5.74, 6) is -0.454. The summed E-state index contributed by atoms with van der Waals surface area (Å²) < 4.78 is 10.5. The molecule has 6 nitrogen and oxygen atoms in total. The topological polar surface area (TPSA) is 84.9 Å². The average Bonchev–Trinajstić information content (AvgIpc) is 3.02. The molecule has 2 N–H and O–H groups in total. The summed E-state index contributed by atoms with van der Waals surface area (Å²) in [5, 5.41) is 11.8. The lowest BCUT2D eigenvalue weighted by atomic mass is 10.1. The highest BCUT2D eigenvalue weighted by atomic mass is 16.5. The van der Waals surface area contributed by atoms with E-state index in [0.717, 1.165) is 18.4 Å². The van der Waals surface area contributed by atoms with Gasteiger partial charge in [-0.2, -0.15) is 0 Å². The van der Waals surface area contributed by atoms with Crippen LogP contribution >= 0.6 is 0 Å². The minimum absolute atomic E-state index is 0.0485. The molecule has 0 fully saturated rings. The Morgan fingerprint density at radius 3 is 2.46 bits per heavy atom. The Morgan fingerprint density at radius 2 is 1.85 bits per heavy atom. The van der Waals surface area contributed by atoms with Crippen molar-refractivity contribution in [2.45, 2.75) is 31.9 Å². The summed E-state index contributed by atoms with van der Waals surface area (Å²) >= 11 is 0. The summed E-state index contributed by atoms with van der Waals surface area (Å²) in [6.07, 6.45) is 1.04. The highest BCUT2D eigenvalue weighted by molar-refractivity contribution is 5.71. The third-order valence-corrected chi connectivity index (χ3v) is 4.44. The Bertz CT molecular complexity index is 793. The number of ether oxygens (including phenoxy) is 2. The Morgan fingerprint density at radius 1 is 1.15 bits per heavy atom. The first kappa shape index (κ1) is 17.8. The van der Waals surface area contributed by atoms with Crippen molar-refractivity contribution in [1.82, 2.24) is 5.32 Å². The maximum atomic E-state index is 12.0. The molecule has 26 heavy (non-hydrogen) atoms. The molecular weight excluding hydrogens is 334 g/mol. The molecule has 0 saturated carbocycles. The summed E-state index contributed by atoms with van der Waals surface area (Å²) in [4.78, 5) is 22.9. The second-order valence-electron chi connectivity index (χ2n) is 6.31. The van der Waals surface area contributed by atoms with Crippen LogP contribution in [0.1, 0.15) is 22.3 Å². The van der Waals surface area contributed by atoms with Crippen molar-refractivity contribution in [1.29, 1.82) is 0 Å². The molecule has 2 aromatic carbocycles. The van der Waals surface area contributed by atoms with E-state index in [1.54, 1.807) is 18.2 Å². The van der Waals surface area contributed by atoms with E-state index in [2.05, 4.69) is 17.4 Å². The van der Waals surface area contributed by atoms with E-state index in [9.17, 15) is 9.59 Å². The first-order chi connectivity index (χ1) is 12.5. The van der Waals surface area contributed by atoms with Gasteiger partial charge in [0.2, 0.25) is 0 Å². The molecule has 0 saturated heterocycles. The van der Waals surface area contributed by atoms with E-state index in [-0.39, 0.29) is 19.1 Å². The molecule has 0 unspecified atom stereocenters. The molecule has 0 aromatic heterocycles. The molecule has 0 atom stereocenters. The van der Waals surface area contributed by atoms with Gasteiger partial charge in [0.05, 0.1) is 13.5 Å². The summed E-state index contributed by atoms with van der Waals surface area (Å²) in [5.41, 5.74) is 3.84. The maximum absolute atomic E-state index is 12.0. The van der Waals surface area contributed by atoms with Gasteiger partial charge < -0.3 is 19.9 Å². The number of fused-ring (bicyclic) bond motifs is 1. The Balaban J connectivity index is 1.52. The molecule has 1 aliphatic carbocycles. The number of hydrogen-bond acceptors (Lipinski definition) is 4. The number of benzene rings is 2. The highest BCUT2D eigenvalue weighted by Crippen LogP contribution is 2.23. The SMILES string of the molecule is COc1cc(COC(=O)NC2Cc3ccccc3C2)ccc1CC(=O)O. The minimum Gasteiger partial charge on any atom is -0.496 e. The smallest absolute Gasteiger partial charge is 0.407 e. The molecule has 1 aliphatic rings. The van der Waals surface area contributed by atoms with Gasteiger partial charge in [-0.1, -0.05) is 36.4 Å². The molecule has 0 bridgehead atoms. The van der Waals surface area contributed by atoms with Gasteiger partial charge in [-0.25, -0.2) is 4.79 Å². The van der Waals surface area contributed by atoms with Crippen molar-refractivity contribution in [2.24, 2.45) is 0 Å². The van der Waals surface area contributed by atoms with Crippen LogP contribution in [0.25, 0.3) is 0 Å². The van der Waals surface area contributed by atoms with Gasteiger partial charge >= 0.3 is 12.1 Å². The number of carbonyl (C=O) groups is 2. The third-order valence-electron chi connectivity index (χ3n) is 4.44. The lowest BCUT2D eigenvalue weighted by Crippen LogP contribution is -2.35. The number of amides is 1. The van der Waals surface area contributed by atoms with Gasteiger partial charge in [0.1, 0.15) is 12.4 Å². The lowest BCUT2D eigenvalue weighted by Gasteiger charge is -2.13. The molecular formula is C20H21NO5. The first-order valence-corrected chi connectivity index (χ1v) is 8.43. The molecule has 0 aliphatic heterocycles. The summed E-state index contributed by atoms with van der Waals surface area (Å²) in [7, 11) is 1.48. The predicted octanol–water partition coefficient (Wildman–Crippen LogP) is 2.72. The number of carboxylic acids is 1. The molecule has 2 aromatic rings. The summed E-state index contributed by atoms with van der Waals surface area (Å²) in [6, 6.07) is 13.3. The second kappa shape index (κ2) is 7.91. The fourth-order valence-electron chi connectivity index (χ4n) is 3.21. The van der Waals surface area contributed by atoms with Gasteiger partial charge in [-0.15, -0.1) is 0 Å². The fraction of sp³-hybridized carbons (Fsp3) is 0.300. The Kier molecular flexibility index (Phi) is 5.41. The number of aliphatic carboxylic acids is 1. The van der Waals surface area contributed by atoms with Crippen LogP contribution in [-0.2, 0) is 35.4 Å². The van der Waals surface area contributed by atoms with E-state index in [0.29, 0.717) is 11.3 Å². The van der Waals surface area contributed by atoms with E-state index < -0.39 is 12.1 Å². The van der Waals surface area contributed by atoms with Crippen LogP contribution < -0.4 is 10.1 Å². The first-order valence-electron chi connectivity index (χ1n) is 8.43. The Hall–Kier alpha value is -3.02. The molecule has 1 amide bonds. The number of alkyl carbamates (subject to hydrolysis) is 1. The summed E-state index contributed by atoms with van der Waals surface area (Å²) in [6.45, 7) is 0.0925. The van der Waals surface area contributed by atoms with Crippen molar-refractivity contribution in [2.75, 3.05) is 7.11 Å². The zero-order valence-electron chi connectivity index (χ0n) is 14.5. The van der Waals surface area contributed by atoms with Crippen molar-refractivity contribution in [3.05, 3.63) is 64.7 Å². The number of carbonyl (C=O) groups excluding carboxylic acids is 1. The lowest BCUT2D eigenvalue weighted by molar-refractivity contribution is -0.136. The van der Waals surface area contributed by atoms with Crippen LogP contribution in [0, 0.1) is 0 Å². The monoisotopic (exact) mass is 355 g/mol. The zero-order valence-corrected chi connectivity index (χ0v) is 14.5. The van der Waals surface area contributed by atoms with Crippen molar-refractivity contribution in [3.63, 3.8) is 0 Å². The van der Waals surface area contributed by atoms with Crippen LogP contribution in [0.4, 0.5) is 4.79 Å². The molecule has 136 valence electrons. The van der Waals surface area contributed by atoms with Gasteiger partial charge in [-0.3, -0.25) is 4.79 Å². The van der Waals surface area contributed by atoms with Crippen LogP contribution in [-0.4, -0.2) is 30.3 Å². The van der Waals surface area contributed by atoms with Crippen LogP contribution in [0.3, 0.4) is 0 Å². The van der Waals surface area contributed by atoms with Gasteiger partial charge in [0, 0.05) is 11.6 Å². The van der Waals surface area contributed by atoms with Gasteiger partial charge in [0.15, 0.2) is 0 Å². The minimum atomic E-state index is -0.927. The van der Waals surface area contributed by atoms with E-state index >= 15 is 0 Å². The second-order valence-corrected chi connectivity index (χ2v) is 6.31. The zero-order chi connectivity index (χ0) is 18.5. The quantitative estimate of drug-likeness (QED) is 0.832. The van der Waals surface area contributed by atoms with Crippen molar-refractivity contribution in [3.8, 4) is 5.75 Å². The van der Waals surface area contributed by atoms with Gasteiger partial charge in [-0.05, 0) is 35.6 Å². The molecule has 0 spiro atoms. The van der Waals surface area contributed by atoms with Crippen molar-refractivity contribution < 1.29 is 24.2 Å². The maximum Gasteiger partial charge on any atom is 0.407 e. The molecule has 0 radical (unpaired) electrons. The fourth-order valence-corrected chi connectivity index (χ4v) is 3.21. The normalized spacial score (nSPS) is 13.1. The van der Waals surface area contributed by atoms with E-state index in [1.165, 1.54) is 18.2 Å². The van der Waals surface area contributed by atoms with E-state index in [4.69, 9.17) is 14.6 Å². The van der Waals surface area contributed by atoms with Crippen molar-refractivity contribution >= 4 is 12.1 Å². The highest BCUT2D eigenvalue weighted by Gasteiger charge is 2.22. The van der Waals surface area contributed by atoms with Gasteiger partial charge in [0.25, 0.3) is 0 Å². The Labute approximate surface area is 151 Å². The molecule has 6 heteroatoms. The number of rotatable bonds is 6. The molecule has 3 rings (SSSR count). The number of hydrogen-bond donors (Lipinski definition) is 2. The third kappa shape index (κ3) is 4.33. The van der Waals surface area contributed by atoms with Crippen LogP contribution in [0.2, 0.25) is 0 Å². The predicted molar refractivity (Wildman–Crippen MR) is 95.3 cm³/mol. The largest absolute Gasteiger partial charge is 0.496 e. The molecule has 0 heterocycles. The number of methoxy groups -OCH3 is 1. The standard InChI is InChI=1S/C20H21NO5/c1-25-18-8-13(6-7-16(18)11-19(22)23)12-26-20(24)21-17-9-14-4-2-3-5-15(14)10-17/h2-8,17H,9-12H2,1H3,(H,21,24)(H,22,23). The number of nitrogens with one attached hydrogen (secondary N) is 1. The average molecular weight is 355 g/mol. The number of carboxylic acid groups (broad SMARTS) is 1. The van der Waals surface area contributed by atoms with Crippen LogP contribution in [0.15, 0.2) is 42.5 Å².